The average Bonchev–Trinajstić information content (AvgIpc) is 2.51. The fourth-order valence-electron chi connectivity index (χ4n) is 1.84. The van der Waals surface area contributed by atoms with Crippen molar-refractivity contribution >= 4 is 46.8 Å². The van der Waals surface area contributed by atoms with E-state index in [9.17, 15) is 9.59 Å². The van der Waals surface area contributed by atoms with Crippen LogP contribution in [0.5, 0.6) is 0 Å². The van der Waals surface area contributed by atoms with Crippen LogP contribution in [0.25, 0.3) is 6.08 Å². The van der Waals surface area contributed by atoms with Crippen LogP contribution in [0, 0.1) is 0 Å². The van der Waals surface area contributed by atoms with Crippen LogP contribution in [0.3, 0.4) is 0 Å². The Morgan fingerprint density at radius 2 is 1.70 bits per heavy atom. The first-order valence-electron chi connectivity index (χ1n) is 6.76. The standard InChI is InChI=1S/C17H14Cl2N2O2/c1-11(22)20-16(9-12-5-3-2-4-6-12)17(23)21-13-7-8-14(18)15(19)10-13/h2-10H,1H3,(H,20,22)(H,21,23)/b16-9+. The van der Waals surface area contributed by atoms with E-state index < -0.39 is 5.91 Å². The van der Waals surface area contributed by atoms with E-state index in [4.69, 9.17) is 23.2 Å². The molecule has 0 aliphatic heterocycles. The Bertz CT molecular complexity index is 758. The van der Waals surface area contributed by atoms with Gasteiger partial charge in [-0.2, -0.15) is 0 Å². The van der Waals surface area contributed by atoms with Gasteiger partial charge in [-0.05, 0) is 29.8 Å². The largest absolute Gasteiger partial charge is 0.322 e. The second kappa shape index (κ2) is 7.81. The van der Waals surface area contributed by atoms with Crippen molar-refractivity contribution in [3.8, 4) is 0 Å². The highest BCUT2D eigenvalue weighted by Gasteiger charge is 2.12. The van der Waals surface area contributed by atoms with Crippen molar-refractivity contribution in [2.45, 2.75) is 6.92 Å². The number of anilines is 1. The Balaban J connectivity index is 2.24. The Morgan fingerprint density at radius 1 is 1.00 bits per heavy atom. The summed E-state index contributed by atoms with van der Waals surface area (Å²) in [5, 5.41) is 5.92. The number of nitrogens with one attached hydrogen (secondary N) is 2. The van der Waals surface area contributed by atoms with E-state index in [-0.39, 0.29) is 11.6 Å². The molecule has 0 aliphatic rings. The van der Waals surface area contributed by atoms with Gasteiger partial charge in [-0.15, -0.1) is 0 Å². The summed E-state index contributed by atoms with van der Waals surface area (Å²) in [6, 6.07) is 13.9. The second-order valence-electron chi connectivity index (χ2n) is 4.73. The third-order valence-corrected chi connectivity index (χ3v) is 3.58. The van der Waals surface area contributed by atoms with Crippen LogP contribution in [0.15, 0.2) is 54.2 Å². The van der Waals surface area contributed by atoms with Gasteiger partial charge in [0.25, 0.3) is 5.91 Å². The molecule has 2 aromatic carbocycles. The van der Waals surface area contributed by atoms with Crippen LogP contribution in [0.2, 0.25) is 10.0 Å². The van der Waals surface area contributed by atoms with E-state index in [0.717, 1.165) is 5.56 Å². The number of carbonyl (C=O) groups excluding carboxylic acids is 2. The molecule has 4 nitrogen and oxygen atoms in total. The molecule has 6 heteroatoms. The lowest BCUT2D eigenvalue weighted by Gasteiger charge is -2.10. The number of hydrogen-bond donors (Lipinski definition) is 2. The molecule has 0 atom stereocenters. The van der Waals surface area contributed by atoms with Crippen molar-refractivity contribution in [2.24, 2.45) is 0 Å². The van der Waals surface area contributed by atoms with Crippen LogP contribution in [0.1, 0.15) is 12.5 Å². The smallest absolute Gasteiger partial charge is 0.272 e. The Morgan fingerprint density at radius 3 is 2.30 bits per heavy atom. The number of rotatable bonds is 4. The zero-order valence-electron chi connectivity index (χ0n) is 12.3. The molecular weight excluding hydrogens is 335 g/mol. The molecule has 0 spiro atoms. The van der Waals surface area contributed by atoms with Gasteiger partial charge in [0.2, 0.25) is 5.91 Å². The third-order valence-electron chi connectivity index (χ3n) is 2.84. The SMILES string of the molecule is CC(=O)N/C(=C/c1ccccc1)C(=O)Nc1ccc(Cl)c(Cl)c1. The normalized spacial score (nSPS) is 11.0. The molecule has 23 heavy (non-hydrogen) atoms. The van der Waals surface area contributed by atoms with Crippen LogP contribution in [-0.2, 0) is 9.59 Å². The quantitative estimate of drug-likeness (QED) is 0.816. The molecule has 0 saturated heterocycles. The maximum absolute atomic E-state index is 12.4. The monoisotopic (exact) mass is 348 g/mol. The molecular formula is C17H14Cl2N2O2. The summed E-state index contributed by atoms with van der Waals surface area (Å²) in [7, 11) is 0. The zero-order chi connectivity index (χ0) is 16.8. The molecule has 118 valence electrons. The summed E-state index contributed by atoms with van der Waals surface area (Å²) >= 11 is 11.8. The van der Waals surface area contributed by atoms with Gasteiger partial charge in [-0.3, -0.25) is 9.59 Å². The number of hydrogen-bond acceptors (Lipinski definition) is 2. The summed E-state index contributed by atoms with van der Waals surface area (Å²) in [6.07, 6.45) is 1.59. The lowest BCUT2D eigenvalue weighted by molar-refractivity contribution is -0.120. The van der Waals surface area contributed by atoms with Crippen molar-refractivity contribution in [3.63, 3.8) is 0 Å². The summed E-state index contributed by atoms with van der Waals surface area (Å²) in [6.45, 7) is 1.34. The first-order chi connectivity index (χ1) is 11.0. The van der Waals surface area contributed by atoms with Gasteiger partial charge in [0.05, 0.1) is 10.0 Å². The lowest BCUT2D eigenvalue weighted by atomic mass is 10.2. The van der Waals surface area contributed by atoms with Gasteiger partial charge in [0.15, 0.2) is 0 Å². The van der Waals surface area contributed by atoms with Gasteiger partial charge in [0.1, 0.15) is 5.70 Å². The summed E-state index contributed by atoms with van der Waals surface area (Å²) in [5.74, 6) is -0.793. The number of benzene rings is 2. The van der Waals surface area contributed by atoms with E-state index in [1.807, 2.05) is 30.3 Å². The minimum absolute atomic E-state index is 0.134. The molecule has 0 unspecified atom stereocenters. The van der Waals surface area contributed by atoms with E-state index in [1.165, 1.54) is 13.0 Å². The maximum Gasteiger partial charge on any atom is 0.272 e. The van der Waals surface area contributed by atoms with Gasteiger partial charge in [-0.1, -0.05) is 53.5 Å². The van der Waals surface area contributed by atoms with E-state index in [2.05, 4.69) is 10.6 Å². The molecule has 0 heterocycles. The molecule has 0 bridgehead atoms. The minimum Gasteiger partial charge on any atom is -0.322 e. The topological polar surface area (TPSA) is 58.2 Å². The second-order valence-corrected chi connectivity index (χ2v) is 5.55. The Kier molecular flexibility index (Phi) is 5.79. The van der Waals surface area contributed by atoms with E-state index in [0.29, 0.717) is 15.7 Å². The van der Waals surface area contributed by atoms with Crippen LogP contribution in [-0.4, -0.2) is 11.8 Å². The number of amides is 2. The van der Waals surface area contributed by atoms with Crippen molar-refractivity contribution in [1.82, 2.24) is 5.32 Å². The fourth-order valence-corrected chi connectivity index (χ4v) is 2.13. The van der Waals surface area contributed by atoms with Crippen molar-refractivity contribution in [2.75, 3.05) is 5.32 Å². The highest BCUT2D eigenvalue weighted by molar-refractivity contribution is 6.42. The molecule has 2 amide bonds. The molecule has 0 aromatic heterocycles. The molecule has 0 fully saturated rings. The van der Waals surface area contributed by atoms with Crippen molar-refractivity contribution < 1.29 is 9.59 Å². The van der Waals surface area contributed by atoms with E-state index >= 15 is 0 Å². The first kappa shape index (κ1) is 17.1. The Labute approximate surface area is 144 Å². The predicted molar refractivity (Wildman–Crippen MR) is 93.3 cm³/mol. The molecule has 2 aromatic rings. The molecule has 0 radical (unpaired) electrons. The van der Waals surface area contributed by atoms with E-state index in [1.54, 1.807) is 18.2 Å². The molecule has 0 aliphatic carbocycles. The Hall–Kier alpha value is -2.30. The predicted octanol–water partition coefficient (Wildman–Crippen LogP) is 4.11. The highest BCUT2D eigenvalue weighted by Crippen LogP contribution is 2.25. The first-order valence-corrected chi connectivity index (χ1v) is 7.52. The summed E-state index contributed by atoms with van der Waals surface area (Å²) in [4.78, 5) is 23.7. The summed E-state index contributed by atoms with van der Waals surface area (Å²) < 4.78 is 0. The van der Waals surface area contributed by atoms with Crippen LogP contribution in [0.4, 0.5) is 5.69 Å². The van der Waals surface area contributed by atoms with Crippen molar-refractivity contribution in [3.05, 3.63) is 69.8 Å². The lowest BCUT2D eigenvalue weighted by Crippen LogP contribution is -2.28. The number of halogens is 2. The maximum atomic E-state index is 12.4. The number of carbonyl (C=O) groups is 2. The zero-order valence-corrected chi connectivity index (χ0v) is 13.8. The van der Waals surface area contributed by atoms with Gasteiger partial charge < -0.3 is 10.6 Å². The van der Waals surface area contributed by atoms with Gasteiger partial charge in [0, 0.05) is 12.6 Å². The van der Waals surface area contributed by atoms with Crippen LogP contribution < -0.4 is 10.6 Å². The van der Waals surface area contributed by atoms with Crippen molar-refractivity contribution in [1.29, 1.82) is 0 Å². The molecule has 2 rings (SSSR count). The third kappa shape index (κ3) is 5.13. The van der Waals surface area contributed by atoms with Gasteiger partial charge >= 0.3 is 0 Å². The highest BCUT2D eigenvalue weighted by atomic mass is 35.5. The fraction of sp³-hybridized carbons (Fsp3) is 0.0588. The van der Waals surface area contributed by atoms with Gasteiger partial charge in [-0.25, -0.2) is 0 Å². The van der Waals surface area contributed by atoms with Crippen LogP contribution >= 0.6 is 23.2 Å². The molecule has 0 saturated carbocycles. The summed E-state index contributed by atoms with van der Waals surface area (Å²) in [5.41, 5.74) is 1.41. The average molecular weight is 349 g/mol. The molecule has 2 N–H and O–H groups in total. The minimum atomic E-state index is -0.456.